The van der Waals surface area contributed by atoms with Crippen LogP contribution in [0.25, 0.3) is 0 Å². The van der Waals surface area contributed by atoms with Gasteiger partial charge in [0.15, 0.2) is 0 Å². The summed E-state index contributed by atoms with van der Waals surface area (Å²) in [6, 6.07) is 0. The first-order chi connectivity index (χ1) is 5.52. The quantitative estimate of drug-likeness (QED) is 0.253. The number of rotatable bonds is 3. The second-order valence-electron chi connectivity index (χ2n) is 1.83. The van der Waals surface area contributed by atoms with E-state index in [0.29, 0.717) is 0 Å². The number of hydroxylamine groups is 2. The zero-order valence-corrected chi connectivity index (χ0v) is 5.90. The Labute approximate surface area is 65.5 Å². The van der Waals surface area contributed by atoms with Crippen molar-refractivity contribution in [1.82, 2.24) is 5.23 Å². The highest BCUT2D eigenvalue weighted by Gasteiger charge is 2.47. The highest BCUT2D eigenvalue weighted by Crippen LogP contribution is 1.52. The molecule has 11 nitrogen and oxygen atoms in total. The highest BCUT2D eigenvalue weighted by molar-refractivity contribution is 3.92. The molecule has 1 fully saturated rings. The lowest BCUT2D eigenvalue weighted by Crippen LogP contribution is -3.63. The van der Waals surface area contributed by atoms with Crippen molar-refractivity contribution < 1.29 is 31.1 Å². The third-order valence-corrected chi connectivity index (χ3v) is 0.953. The molecule has 0 aromatic rings. The monoisotopic (exact) mass is 185 g/mol. The zero-order valence-electron chi connectivity index (χ0n) is 5.90. The van der Waals surface area contributed by atoms with Crippen molar-refractivity contribution in [3.63, 3.8) is 0 Å². The van der Waals surface area contributed by atoms with E-state index in [1.807, 2.05) is 0 Å². The predicted molar refractivity (Wildman–Crippen MR) is 27.3 cm³/mol. The lowest BCUT2D eigenvalue weighted by atomic mass is 11.5. The molecule has 4 unspecified atom stereocenters. The van der Waals surface area contributed by atoms with Gasteiger partial charge in [0.1, 0.15) is 7.05 Å². The Hall–Kier alpha value is -0.440. The number of quaternary nitrogens is 4. The van der Waals surface area contributed by atoms with E-state index in [1.54, 1.807) is 0 Å². The Kier molecular flexibility index (Phi) is 2.83. The molecule has 11 heteroatoms. The van der Waals surface area contributed by atoms with Gasteiger partial charge in [-0.1, -0.05) is 0 Å². The van der Waals surface area contributed by atoms with Gasteiger partial charge in [0, 0.05) is 20.9 Å². The summed E-state index contributed by atoms with van der Waals surface area (Å²) in [5.74, 6) is 0. The Bertz CT molecular complexity index is 145. The predicted octanol–water partition coefficient (Wildman–Crippen LogP) is -7.10. The fraction of sp³-hybridized carbons (Fsp3) is 1.00. The minimum atomic E-state index is -1.34. The van der Waals surface area contributed by atoms with Gasteiger partial charge in [-0.25, -0.2) is 0 Å². The molecule has 0 radical (unpaired) electrons. The molecule has 4 N–H and O–H groups in total. The van der Waals surface area contributed by atoms with Crippen LogP contribution in [0, 0.1) is 20.8 Å². The van der Waals surface area contributed by atoms with E-state index in [0.717, 1.165) is 7.05 Å². The molecule has 0 aromatic carbocycles. The van der Waals surface area contributed by atoms with Crippen molar-refractivity contribution in [2.75, 3.05) is 7.05 Å². The molecule has 1 heterocycles. The molecule has 1 aliphatic rings. The summed E-state index contributed by atoms with van der Waals surface area (Å²) in [6.45, 7) is 0. The van der Waals surface area contributed by atoms with Gasteiger partial charge in [-0.05, 0) is 0 Å². The number of nitrogens with zero attached hydrogens (tertiary/aromatic N) is 1. The molecular formula is CH7N5O6. The van der Waals surface area contributed by atoms with Crippen molar-refractivity contribution in [1.29, 1.82) is 0 Å². The van der Waals surface area contributed by atoms with Gasteiger partial charge >= 0.3 is 0 Å². The van der Waals surface area contributed by atoms with Gasteiger partial charge in [-0.15, -0.1) is 0 Å². The molecule has 12 heavy (non-hydrogen) atoms. The van der Waals surface area contributed by atoms with Gasteiger partial charge in [0.05, 0.1) is 4.94 Å². The molecular weight excluding hydrogens is 178 g/mol. The van der Waals surface area contributed by atoms with E-state index in [4.69, 9.17) is 0 Å². The molecule has 0 spiro atoms. The van der Waals surface area contributed by atoms with Crippen LogP contribution < -0.4 is 21.2 Å². The first-order valence-electron chi connectivity index (χ1n) is 2.80. The normalized spacial score (nSPS) is 35.8. The van der Waals surface area contributed by atoms with Gasteiger partial charge in [-0.3, -0.25) is 0 Å². The van der Waals surface area contributed by atoms with Crippen LogP contribution in [0.15, 0.2) is 0 Å². The molecule has 1 saturated heterocycles. The van der Waals surface area contributed by atoms with Crippen LogP contribution in [-0.4, -0.2) is 12.3 Å². The summed E-state index contributed by atoms with van der Waals surface area (Å²) in [6.07, 6.45) is 0. The number of nitrogens with one attached hydrogen (secondary N) is 4. The van der Waals surface area contributed by atoms with E-state index in [1.165, 1.54) is 0 Å². The van der Waals surface area contributed by atoms with E-state index in [9.17, 15) is 20.8 Å². The van der Waals surface area contributed by atoms with E-state index >= 15 is 0 Å². The smallest absolute Gasteiger partial charge is 0.281 e. The van der Waals surface area contributed by atoms with Crippen LogP contribution >= 0.6 is 0 Å². The second-order valence-corrected chi connectivity index (χ2v) is 1.83. The summed E-state index contributed by atoms with van der Waals surface area (Å²) in [7, 11) is 0.966. The first kappa shape index (κ1) is 9.65. The van der Waals surface area contributed by atoms with Gasteiger partial charge in [0.25, 0.3) is 5.23 Å². The molecule has 1 rings (SSSR count). The van der Waals surface area contributed by atoms with Crippen LogP contribution in [0.4, 0.5) is 0 Å². The SMILES string of the molecule is C[NH+]([O-])O[NH+]([O-])N1[NH+]([O-])O[NH+]1[O-]. The molecule has 0 bridgehead atoms. The third-order valence-electron chi connectivity index (χ3n) is 0.953. The van der Waals surface area contributed by atoms with Crippen molar-refractivity contribution >= 4 is 0 Å². The Morgan fingerprint density at radius 3 is 2.17 bits per heavy atom. The molecule has 0 aromatic heterocycles. The maximum absolute atomic E-state index is 10.6. The van der Waals surface area contributed by atoms with Crippen LogP contribution in [0.5, 0.6) is 0 Å². The minimum absolute atomic E-state index is 0.0708. The second kappa shape index (κ2) is 3.52. The Morgan fingerprint density at radius 2 is 1.83 bits per heavy atom. The van der Waals surface area contributed by atoms with Crippen molar-refractivity contribution in [2.24, 2.45) is 0 Å². The lowest BCUT2D eigenvalue weighted by Gasteiger charge is -2.40. The summed E-state index contributed by atoms with van der Waals surface area (Å²) >= 11 is 0. The highest BCUT2D eigenvalue weighted by atomic mass is 17.3. The minimum Gasteiger partial charge on any atom is -0.596 e. The van der Waals surface area contributed by atoms with Crippen LogP contribution in [0.1, 0.15) is 0 Å². The molecule has 0 amide bonds. The van der Waals surface area contributed by atoms with E-state index < -0.39 is 21.2 Å². The van der Waals surface area contributed by atoms with Gasteiger partial charge < -0.3 is 20.8 Å². The summed E-state index contributed by atoms with van der Waals surface area (Å²) in [4.78, 5) is 7.71. The fourth-order valence-electron chi connectivity index (χ4n) is 0.519. The average Bonchev–Trinajstić information content (AvgIpc) is 1.83. The Balaban J connectivity index is 2.35. The van der Waals surface area contributed by atoms with Gasteiger partial charge in [-0.2, -0.15) is 5.23 Å². The first-order valence-corrected chi connectivity index (χ1v) is 2.80. The zero-order chi connectivity index (χ0) is 9.30. The molecule has 72 valence electrons. The van der Waals surface area contributed by atoms with E-state index in [-0.39, 0.29) is 5.23 Å². The van der Waals surface area contributed by atoms with Crippen LogP contribution in [-0.2, 0) is 9.88 Å². The summed E-state index contributed by atoms with van der Waals surface area (Å²) in [5, 5.41) is 37.0. The van der Waals surface area contributed by atoms with Crippen molar-refractivity contribution in [3.8, 4) is 0 Å². The third kappa shape index (κ3) is 1.83. The largest absolute Gasteiger partial charge is 0.596 e. The molecule has 0 saturated carbocycles. The topological polar surface area (TPSA) is 132 Å². The average molecular weight is 185 g/mol. The maximum Gasteiger partial charge on any atom is 0.281 e. The summed E-state index contributed by atoms with van der Waals surface area (Å²) in [5.41, 5.74) is 0. The summed E-state index contributed by atoms with van der Waals surface area (Å²) < 4.78 is 0. The van der Waals surface area contributed by atoms with Crippen LogP contribution in [0.3, 0.4) is 0 Å². The lowest BCUT2D eigenvalue weighted by molar-refractivity contribution is -1.70. The van der Waals surface area contributed by atoms with E-state index in [2.05, 4.69) is 9.88 Å². The standard InChI is InChI=1S/CH7N5O6/c1-2(7)11-4(8)3-5(9)12-6(3)10/h2,4-6H,1H3. The molecule has 0 aliphatic carbocycles. The van der Waals surface area contributed by atoms with Crippen molar-refractivity contribution in [2.45, 2.75) is 0 Å². The molecule has 1 aliphatic heterocycles. The number of hydrogen-bond donors (Lipinski definition) is 4. The van der Waals surface area contributed by atoms with Crippen molar-refractivity contribution in [3.05, 3.63) is 20.8 Å². The maximum atomic E-state index is 10.6. The Morgan fingerprint density at radius 1 is 1.33 bits per heavy atom. The number of hydrogen-bond acceptors (Lipinski definition) is 7. The van der Waals surface area contributed by atoms with Gasteiger partial charge in [0.2, 0.25) is 0 Å². The fourth-order valence-corrected chi connectivity index (χ4v) is 0.519. The molecule has 4 atom stereocenters. The van der Waals surface area contributed by atoms with Crippen LogP contribution in [0.2, 0.25) is 0 Å².